The highest BCUT2D eigenvalue weighted by atomic mass is 79.9. The van der Waals surface area contributed by atoms with Gasteiger partial charge in [-0.3, -0.25) is 0 Å². The highest BCUT2D eigenvalue weighted by molar-refractivity contribution is 9.09. The number of alkyl halides is 1. The van der Waals surface area contributed by atoms with Crippen LogP contribution in [0.5, 0.6) is 0 Å². The zero-order valence-electron chi connectivity index (χ0n) is 9.32. The van der Waals surface area contributed by atoms with E-state index < -0.39 is 0 Å². The Hall–Kier alpha value is -0.600. The molecule has 2 heteroatoms. The molecular formula is C14H15BrS. The number of aryl methyl sites for hydroxylation is 1. The van der Waals surface area contributed by atoms with Crippen molar-refractivity contribution in [2.45, 2.75) is 19.3 Å². The lowest BCUT2D eigenvalue weighted by atomic mass is 9.96. The number of benzene rings is 1. The number of rotatable bonds is 4. The Kier molecular flexibility index (Phi) is 4.19. The first kappa shape index (κ1) is 11.9. The fourth-order valence-corrected chi connectivity index (χ4v) is 3.25. The van der Waals surface area contributed by atoms with Crippen LogP contribution in [0, 0.1) is 6.92 Å². The summed E-state index contributed by atoms with van der Waals surface area (Å²) in [4.78, 5) is 1.46. The maximum atomic E-state index is 3.63. The molecule has 0 aliphatic rings. The highest BCUT2D eigenvalue weighted by Gasteiger charge is 2.11. The minimum absolute atomic E-state index is 0.582. The minimum Gasteiger partial charge on any atom is -0.149 e. The van der Waals surface area contributed by atoms with Crippen LogP contribution in [0.4, 0.5) is 0 Å². The molecule has 1 unspecified atom stereocenters. The van der Waals surface area contributed by atoms with Crippen molar-refractivity contribution in [3.05, 3.63) is 57.8 Å². The van der Waals surface area contributed by atoms with Gasteiger partial charge in [0.2, 0.25) is 0 Å². The monoisotopic (exact) mass is 294 g/mol. The van der Waals surface area contributed by atoms with Gasteiger partial charge in [-0.1, -0.05) is 51.8 Å². The summed E-state index contributed by atoms with van der Waals surface area (Å²) in [5, 5.41) is 3.17. The largest absolute Gasteiger partial charge is 0.149 e. The first-order valence-electron chi connectivity index (χ1n) is 5.44. The minimum atomic E-state index is 0.582. The van der Waals surface area contributed by atoms with E-state index in [2.05, 4.69) is 64.6 Å². The molecule has 84 valence electrons. The molecule has 1 aromatic heterocycles. The zero-order chi connectivity index (χ0) is 11.4. The van der Waals surface area contributed by atoms with E-state index >= 15 is 0 Å². The lowest BCUT2D eigenvalue weighted by molar-refractivity contribution is 0.785. The van der Waals surface area contributed by atoms with Crippen LogP contribution in [0.1, 0.15) is 21.9 Å². The van der Waals surface area contributed by atoms with Crippen molar-refractivity contribution in [3.63, 3.8) is 0 Å². The quantitative estimate of drug-likeness (QED) is 0.712. The third kappa shape index (κ3) is 2.96. The van der Waals surface area contributed by atoms with Gasteiger partial charge in [0.05, 0.1) is 0 Å². The molecule has 0 spiro atoms. The molecule has 1 heterocycles. The highest BCUT2D eigenvalue weighted by Crippen LogP contribution is 2.25. The van der Waals surface area contributed by atoms with E-state index in [-0.39, 0.29) is 0 Å². The Morgan fingerprint density at radius 2 is 2.12 bits per heavy atom. The summed E-state index contributed by atoms with van der Waals surface area (Å²) in [5.41, 5.74) is 2.78. The molecule has 0 saturated heterocycles. The predicted octanol–water partition coefficient (Wildman–Crippen LogP) is 4.78. The predicted molar refractivity (Wildman–Crippen MR) is 75.7 cm³/mol. The lowest BCUT2D eigenvalue weighted by Crippen LogP contribution is -2.03. The summed E-state index contributed by atoms with van der Waals surface area (Å²) < 4.78 is 0. The molecule has 2 rings (SSSR count). The third-order valence-corrected chi connectivity index (χ3v) is 4.41. The molecule has 0 radical (unpaired) electrons. The van der Waals surface area contributed by atoms with Crippen molar-refractivity contribution in [1.29, 1.82) is 0 Å². The van der Waals surface area contributed by atoms with Crippen molar-refractivity contribution in [2.24, 2.45) is 0 Å². The maximum absolute atomic E-state index is 3.63. The molecule has 0 N–H and O–H groups in total. The molecular weight excluding hydrogens is 280 g/mol. The summed E-state index contributed by atoms with van der Waals surface area (Å²) in [6.45, 7) is 2.15. The fourth-order valence-electron chi connectivity index (χ4n) is 1.86. The van der Waals surface area contributed by atoms with E-state index in [9.17, 15) is 0 Å². The molecule has 0 aliphatic heterocycles. The van der Waals surface area contributed by atoms with Crippen LogP contribution in [0.15, 0.2) is 41.8 Å². The van der Waals surface area contributed by atoms with E-state index in [0.717, 1.165) is 11.8 Å². The molecule has 1 aromatic carbocycles. The van der Waals surface area contributed by atoms with Gasteiger partial charge in [0, 0.05) is 10.2 Å². The summed E-state index contributed by atoms with van der Waals surface area (Å²) in [5.74, 6) is 0.582. The number of hydrogen-bond acceptors (Lipinski definition) is 1. The smallest absolute Gasteiger partial charge is 0.0104 e. The van der Waals surface area contributed by atoms with E-state index in [4.69, 9.17) is 0 Å². The van der Waals surface area contributed by atoms with Gasteiger partial charge in [-0.15, -0.1) is 11.3 Å². The fraction of sp³-hybridized carbons (Fsp3) is 0.286. The van der Waals surface area contributed by atoms with Gasteiger partial charge < -0.3 is 0 Å². The molecule has 16 heavy (non-hydrogen) atoms. The van der Waals surface area contributed by atoms with Gasteiger partial charge in [0.1, 0.15) is 0 Å². The molecule has 0 saturated carbocycles. The molecule has 0 fully saturated rings. The Bertz CT molecular complexity index is 434. The summed E-state index contributed by atoms with van der Waals surface area (Å²) in [6, 6.07) is 13.2. The van der Waals surface area contributed by atoms with E-state index in [1.165, 1.54) is 16.0 Å². The molecule has 0 nitrogen and oxygen atoms in total. The van der Waals surface area contributed by atoms with Crippen molar-refractivity contribution >= 4 is 27.3 Å². The number of hydrogen-bond donors (Lipinski definition) is 0. The maximum Gasteiger partial charge on any atom is 0.0104 e. The van der Waals surface area contributed by atoms with Crippen molar-refractivity contribution < 1.29 is 0 Å². The lowest BCUT2D eigenvalue weighted by Gasteiger charge is -2.14. The molecule has 0 amide bonds. The Morgan fingerprint density at radius 3 is 2.75 bits per heavy atom. The summed E-state index contributed by atoms with van der Waals surface area (Å²) >= 11 is 5.47. The Morgan fingerprint density at radius 1 is 1.25 bits per heavy atom. The van der Waals surface area contributed by atoms with Crippen LogP contribution in [0.25, 0.3) is 0 Å². The van der Waals surface area contributed by atoms with E-state index in [0.29, 0.717) is 5.92 Å². The average molecular weight is 295 g/mol. The van der Waals surface area contributed by atoms with Crippen LogP contribution < -0.4 is 0 Å². The van der Waals surface area contributed by atoms with E-state index in [1.54, 1.807) is 0 Å². The van der Waals surface area contributed by atoms with Crippen molar-refractivity contribution in [3.8, 4) is 0 Å². The molecule has 0 bridgehead atoms. The second-order valence-corrected chi connectivity index (χ2v) is 5.73. The normalized spacial score (nSPS) is 12.6. The topological polar surface area (TPSA) is 0 Å². The average Bonchev–Trinajstić information content (AvgIpc) is 2.78. The van der Waals surface area contributed by atoms with Crippen LogP contribution in [0.3, 0.4) is 0 Å². The van der Waals surface area contributed by atoms with Gasteiger partial charge in [0.25, 0.3) is 0 Å². The third-order valence-electron chi connectivity index (χ3n) is 2.73. The van der Waals surface area contributed by atoms with Crippen LogP contribution in [0.2, 0.25) is 0 Å². The summed E-state index contributed by atoms with van der Waals surface area (Å²) in [6.07, 6.45) is 1.13. The van der Waals surface area contributed by atoms with Gasteiger partial charge in [-0.2, -0.15) is 0 Å². The number of thiophene rings is 1. The zero-order valence-corrected chi connectivity index (χ0v) is 11.7. The summed E-state index contributed by atoms with van der Waals surface area (Å²) in [7, 11) is 0. The Balaban J connectivity index is 2.16. The van der Waals surface area contributed by atoms with Gasteiger partial charge in [-0.05, 0) is 36.3 Å². The second kappa shape index (κ2) is 5.65. The van der Waals surface area contributed by atoms with E-state index in [1.807, 2.05) is 11.3 Å². The van der Waals surface area contributed by atoms with Gasteiger partial charge in [-0.25, -0.2) is 0 Å². The molecule has 1 atom stereocenters. The first-order valence-corrected chi connectivity index (χ1v) is 7.44. The van der Waals surface area contributed by atoms with Crippen molar-refractivity contribution in [1.82, 2.24) is 0 Å². The van der Waals surface area contributed by atoms with Gasteiger partial charge in [0.15, 0.2) is 0 Å². The van der Waals surface area contributed by atoms with Crippen molar-refractivity contribution in [2.75, 3.05) is 5.33 Å². The Labute approximate surface area is 109 Å². The second-order valence-electron chi connectivity index (χ2n) is 4.05. The standard InChI is InChI=1S/C14H15BrS/c1-11-4-2-5-12(8-11)13(10-15)9-14-6-3-7-16-14/h2-8,13H,9-10H2,1H3. The van der Waals surface area contributed by atoms with Crippen LogP contribution in [-0.4, -0.2) is 5.33 Å². The molecule has 0 aliphatic carbocycles. The van der Waals surface area contributed by atoms with Crippen LogP contribution in [-0.2, 0) is 6.42 Å². The first-order chi connectivity index (χ1) is 7.79. The number of halogens is 1. The SMILES string of the molecule is Cc1cccc(C(CBr)Cc2cccs2)c1. The molecule has 2 aromatic rings. The van der Waals surface area contributed by atoms with Crippen LogP contribution >= 0.6 is 27.3 Å². The van der Waals surface area contributed by atoms with Gasteiger partial charge >= 0.3 is 0 Å².